The summed E-state index contributed by atoms with van der Waals surface area (Å²) in [5.74, 6) is -1.22. The van der Waals surface area contributed by atoms with E-state index in [0.29, 0.717) is 11.3 Å². The Morgan fingerprint density at radius 3 is 2.67 bits per heavy atom. The van der Waals surface area contributed by atoms with Gasteiger partial charge >= 0.3 is 5.97 Å². The van der Waals surface area contributed by atoms with Crippen molar-refractivity contribution in [3.63, 3.8) is 0 Å². The lowest BCUT2D eigenvalue weighted by atomic mass is 10.1. The first kappa shape index (κ1) is 12.6. The van der Waals surface area contributed by atoms with Crippen LogP contribution in [-0.2, 0) is 0 Å². The van der Waals surface area contributed by atoms with Gasteiger partial charge in [0, 0.05) is 4.47 Å². The third-order valence-corrected chi connectivity index (χ3v) is 3.08. The van der Waals surface area contributed by atoms with Gasteiger partial charge in [0.15, 0.2) is 0 Å². The zero-order valence-electron chi connectivity index (χ0n) is 9.53. The van der Waals surface area contributed by atoms with Crippen LogP contribution >= 0.6 is 15.9 Å². The Labute approximate surface area is 111 Å². The van der Waals surface area contributed by atoms with Gasteiger partial charge in [-0.25, -0.2) is 4.79 Å². The molecule has 1 heterocycles. The third-order valence-electron chi connectivity index (χ3n) is 2.58. The average molecular weight is 308 g/mol. The highest BCUT2D eigenvalue weighted by Crippen LogP contribution is 2.23. The number of carboxylic acid groups (broad SMARTS) is 1. The number of aromatic nitrogens is 1. The van der Waals surface area contributed by atoms with Gasteiger partial charge in [-0.05, 0) is 36.2 Å². The quantitative estimate of drug-likeness (QED) is 0.896. The maximum atomic E-state index is 11.6. The minimum Gasteiger partial charge on any atom is -0.477 e. The molecule has 0 saturated heterocycles. The highest BCUT2D eigenvalue weighted by Gasteiger charge is 2.12. The first-order chi connectivity index (χ1) is 8.49. The second-order valence-corrected chi connectivity index (χ2v) is 4.80. The largest absolute Gasteiger partial charge is 0.477 e. The van der Waals surface area contributed by atoms with Crippen LogP contribution in [0.15, 0.2) is 39.6 Å². The van der Waals surface area contributed by atoms with E-state index in [2.05, 4.69) is 20.9 Å². The number of hydrogen-bond acceptors (Lipinski definition) is 2. The molecule has 0 radical (unpaired) electrons. The molecule has 5 heteroatoms. The summed E-state index contributed by atoms with van der Waals surface area (Å²) >= 11 is 3.35. The lowest BCUT2D eigenvalue weighted by Crippen LogP contribution is -2.18. The first-order valence-corrected chi connectivity index (χ1v) is 6.01. The number of pyridine rings is 1. The van der Waals surface area contributed by atoms with Gasteiger partial charge in [-0.15, -0.1) is 0 Å². The van der Waals surface area contributed by atoms with Gasteiger partial charge in [0.25, 0.3) is 5.56 Å². The summed E-state index contributed by atoms with van der Waals surface area (Å²) in [4.78, 5) is 25.1. The molecule has 0 saturated carbocycles. The number of benzene rings is 1. The normalized spacial score (nSPS) is 10.3. The number of H-pyrrole nitrogens is 1. The maximum absolute atomic E-state index is 11.6. The van der Waals surface area contributed by atoms with Crippen molar-refractivity contribution in [1.29, 1.82) is 0 Å². The van der Waals surface area contributed by atoms with E-state index in [0.717, 1.165) is 10.0 Å². The van der Waals surface area contributed by atoms with Crippen molar-refractivity contribution >= 4 is 21.9 Å². The molecule has 1 aromatic heterocycles. The van der Waals surface area contributed by atoms with E-state index in [1.54, 1.807) is 6.92 Å². The smallest absolute Gasteiger partial charge is 0.341 e. The van der Waals surface area contributed by atoms with Crippen LogP contribution in [0.5, 0.6) is 0 Å². The lowest BCUT2D eigenvalue weighted by molar-refractivity contribution is 0.0695. The Bertz CT molecular complexity index is 676. The van der Waals surface area contributed by atoms with E-state index < -0.39 is 11.5 Å². The van der Waals surface area contributed by atoms with Gasteiger partial charge in [0.05, 0.1) is 5.69 Å². The van der Waals surface area contributed by atoms with Crippen LogP contribution in [0, 0.1) is 6.92 Å². The van der Waals surface area contributed by atoms with Crippen molar-refractivity contribution in [1.82, 2.24) is 4.98 Å². The second-order valence-electron chi connectivity index (χ2n) is 3.89. The molecule has 2 aromatic rings. The zero-order valence-corrected chi connectivity index (χ0v) is 11.1. The summed E-state index contributed by atoms with van der Waals surface area (Å²) in [6.07, 6.45) is 0. The molecule has 0 aliphatic heterocycles. The molecular weight excluding hydrogens is 298 g/mol. The fourth-order valence-electron chi connectivity index (χ4n) is 1.74. The van der Waals surface area contributed by atoms with Crippen molar-refractivity contribution in [3.05, 3.63) is 56.3 Å². The molecule has 0 atom stereocenters. The third kappa shape index (κ3) is 2.36. The van der Waals surface area contributed by atoms with Gasteiger partial charge in [-0.3, -0.25) is 4.79 Å². The van der Waals surface area contributed by atoms with Gasteiger partial charge in [0.1, 0.15) is 5.56 Å². The monoisotopic (exact) mass is 307 g/mol. The van der Waals surface area contributed by atoms with Crippen LogP contribution < -0.4 is 5.56 Å². The highest BCUT2D eigenvalue weighted by molar-refractivity contribution is 9.10. The number of rotatable bonds is 2. The number of aryl methyl sites for hydroxylation is 1. The van der Waals surface area contributed by atoms with Crippen molar-refractivity contribution in [2.75, 3.05) is 0 Å². The van der Waals surface area contributed by atoms with Crippen LogP contribution in [0.2, 0.25) is 0 Å². The summed E-state index contributed by atoms with van der Waals surface area (Å²) < 4.78 is 0.891. The Hall–Kier alpha value is -1.88. The van der Waals surface area contributed by atoms with Crippen molar-refractivity contribution < 1.29 is 9.90 Å². The van der Waals surface area contributed by atoms with Gasteiger partial charge in [-0.2, -0.15) is 0 Å². The minimum absolute atomic E-state index is 0.244. The minimum atomic E-state index is -1.22. The predicted octanol–water partition coefficient (Wildman–Crippen LogP) is 2.81. The number of hydrogen-bond donors (Lipinski definition) is 2. The van der Waals surface area contributed by atoms with E-state index in [9.17, 15) is 9.59 Å². The van der Waals surface area contributed by atoms with Crippen molar-refractivity contribution in [2.45, 2.75) is 6.92 Å². The summed E-state index contributed by atoms with van der Waals surface area (Å²) in [5.41, 5.74) is 1.33. The molecule has 0 spiro atoms. The lowest BCUT2D eigenvalue weighted by Gasteiger charge is -2.07. The number of carboxylic acids is 1. The molecule has 0 aliphatic rings. The first-order valence-electron chi connectivity index (χ1n) is 5.22. The van der Waals surface area contributed by atoms with Crippen molar-refractivity contribution in [3.8, 4) is 11.3 Å². The number of aromatic carboxylic acids is 1. The molecule has 0 fully saturated rings. The second kappa shape index (κ2) is 4.78. The number of halogens is 1. The van der Waals surface area contributed by atoms with Crippen LogP contribution in [0.3, 0.4) is 0 Å². The zero-order chi connectivity index (χ0) is 13.3. The Balaban J connectivity index is 2.64. The van der Waals surface area contributed by atoms with Gasteiger partial charge in [-0.1, -0.05) is 28.1 Å². The molecule has 18 heavy (non-hydrogen) atoms. The van der Waals surface area contributed by atoms with Crippen LogP contribution in [-0.4, -0.2) is 16.1 Å². The number of nitrogens with one attached hydrogen (secondary N) is 1. The standard InChI is InChI=1S/C13H10BrNO3/c1-7-5-10(13(17)18)12(16)15-11(7)8-3-2-4-9(14)6-8/h2-6H,1H3,(H,15,16)(H,17,18). The number of carbonyl (C=O) groups is 1. The van der Waals surface area contributed by atoms with Gasteiger partial charge in [0.2, 0.25) is 0 Å². The molecule has 0 bridgehead atoms. The van der Waals surface area contributed by atoms with Crippen LogP contribution in [0.25, 0.3) is 11.3 Å². The predicted molar refractivity (Wildman–Crippen MR) is 71.9 cm³/mol. The van der Waals surface area contributed by atoms with E-state index >= 15 is 0 Å². The Morgan fingerprint density at radius 2 is 2.06 bits per heavy atom. The van der Waals surface area contributed by atoms with E-state index in [1.165, 1.54) is 6.07 Å². The average Bonchev–Trinajstić information content (AvgIpc) is 2.31. The summed E-state index contributed by atoms with van der Waals surface area (Å²) in [5, 5.41) is 8.87. The number of aromatic amines is 1. The fourth-order valence-corrected chi connectivity index (χ4v) is 2.14. The molecule has 0 amide bonds. The Kier molecular flexibility index (Phi) is 3.34. The van der Waals surface area contributed by atoms with Crippen LogP contribution in [0.4, 0.5) is 0 Å². The van der Waals surface area contributed by atoms with Gasteiger partial charge < -0.3 is 10.1 Å². The summed E-state index contributed by atoms with van der Waals surface area (Å²) in [6.45, 7) is 1.76. The van der Waals surface area contributed by atoms with Crippen molar-refractivity contribution in [2.24, 2.45) is 0 Å². The molecule has 0 aliphatic carbocycles. The Morgan fingerprint density at radius 1 is 1.33 bits per heavy atom. The van der Waals surface area contributed by atoms with E-state index in [4.69, 9.17) is 5.11 Å². The highest BCUT2D eigenvalue weighted by atomic mass is 79.9. The molecule has 2 N–H and O–H groups in total. The molecule has 4 nitrogen and oxygen atoms in total. The fraction of sp³-hybridized carbons (Fsp3) is 0.0769. The molecule has 0 unspecified atom stereocenters. The summed E-state index contributed by atoms with van der Waals surface area (Å²) in [6, 6.07) is 8.82. The maximum Gasteiger partial charge on any atom is 0.341 e. The SMILES string of the molecule is Cc1cc(C(=O)O)c(=O)[nH]c1-c1cccc(Br)c1. The van der Waals surface area contributed by atoms with Crippen LogP contribution in [0.1, 0.15) is 15.9 Å². The topological polar surface area (TPSA) is 70.2 Å². The van der Waals surface area contributed by atoms with E-state index in [-0.39, 0.29) is 5.56 Å². The molecule has 2 rings (SSSR count). The van der Waals surface area contributed by atoms with E-state index in [1.807, 2.05) is 24.3 Å². The molecular formula is C13H10BrNO3. The molecule has 1 aromatic carbocycles. The molecule has 92 valence electrons. The summed E-state index contributed by atoms with van der Waals surface area (Å²) in [7, 11) is 0.